The van der Waals surface area contributed by atoms with Gasteiger partial charge in [-0.05, 0) is 48.9 Å². The van der Waals surface area contributed by atoms with Gasteiger partial charge in [0.05, 0.1) is 10.3 Å². The Hall–Kier alpha value is -3.98. The van der Waals surface area contributed by atoms with Gasteiger partial charge in [-0.3, -0.25) is 4.79 Å². The van der Waals surface area contributed by atoms with Crippen LogP contribution in [0.25, 0.3) is 22.2 Å². The van der Waals surface area contributed by atoms with Gasteiger partial charge < -0.3 is 14.7 Å². The fourth-order valence-corrected chi connectivity index (χ4v) is 4.99. The number of anilines is 1. The molecule has 1 saturated heterocycles. The number of amides is 1. The summed E-state index contributed by atoms with van der Waals surface area (Å²) in [6.45, 7) is 0.798. The number of amidine groups is 1. The van der Waals surface area contributed by atoms with Gasteiger partial charge in [0.2, 0.25) is 0 Å². The zero-order chi connectivity index (χ0) is 23.7. The van der Waals surface area contributed by atoms with Crippen LogP contribution in [0.3, 0.4) is 0 Å². The molecule has 9 heteroatoms. The second-order valence-electron chi connectivity index (χ2n) is 8.10. The number of hydrogen-bond acceptors (Lipinski definition) is 5. The van der Waals surface area contributed by atoms with E-state index in [-0.39, 0.29) is 10.8 Å². The number of nitrogens with zero attached hydrogens (tertiary/aromatic N) is 3. The first kappa shape index (κ1) is 21.8. The highest BCUT2D eigenvalue weighted by atomic mass is 32.2. The highest BCUT2D eigenvalue weighted by molar-refractivity contribution is 7.90. The van der Waals surface area contributed by atoms with Crippen LogP contribution in [-0.2, 0) is 10.0 Å². The smallest absolute Gasteiger partial charge is 0.283 e. The molecular formula is C25H22N4O4S. The lowest BCUT2D eigenvalue weighted by Gasteiger charge is -2.11. The van der Waals surface area contributed by atoms with Crippen molar-refractivity contribution in [3.63, 3.8) is 0 Å². The number of sulfonamides is 1. The van der Waals surface area contributed by atoms with Crippen LogP contribution >= 0.6 is 0 Å². The SMILES string of the molecule is CN1CCC/C1=N\S(=O)(=O)c1ccc(NC(=O)c2ccc3noc(-c4ccccc4)c3c2)cc1. The molecule has 0 radical (unpaired) electrons. The predicted molar refractivity (Wildman–Crippen MR) is 130 cm³/mol. The quantitative estimate of drug-likeness (QED) is 0.455. The Balaban J connectivity index is 1.35. The summed E-state index contributed by atoms with van der Waals surface area (Å²) in [7, 11) is -1.97. The van der Waals surface area contributed by atoms with E-state index in [1.807, 2.05) is 42.3 Å². The number of carbonyl (C=O) groups excluding carboxylic acids is 1. The van der Waals surface area contributed by atoms with Crippen LogP contribution < -0.4 is 5.32 Å². The van der Waals surface area contributed by atoms with Gasteiger partial charge in [0.15, 0.2) is 5.76 Å². The maximum atomic E-state index is 12.9. The molecule has 0 saturated carbocycles. The molecule has 0 atom stereocenters. The van der Waals surface area contributed by atoms with Crippen molar-refractivity contribution in [1.82, 2.24) is 10.1 Å². The Labute approximate surface area is 197 Å². The zero-order valence-electron chi connectivity index (χ0n) is 18.4. The molecular weight excluding hydrogens is 452 g/mol. The minimum absolute atomic E-state index is 0.0803. The maximum Gasteiger partial charge on any atom is 0.283 e. The summed E-state index contributed by atoms with van der Waals surface area (Å²) in [6.07, 6.45) is 1.54. The normalized spacial score (nSPS) is 15.2. The van der Waals surface area contributed by atoms with Crippen molar-refractivity contribution in [3.8, 4) is 11.3 Å². The minimum atomic E-state index is -3.81. The summed E-state index contributed by atoms with van der Waals surface area (Å²) in [5.74, 6) is 0.830. The summed E-state index contributed by atoms with van der Waals surface area (Å²) in [6, 6.07) is 20.7. The molecule has 1 N–H and O–H groups in total. The second kappa shape index (κ2) is 8.75. The van der Waals surface area contributed by atoms with E-state index in [4.69, 9.17) is 4.52 Å². The molecule has 3 aromatic carbocycles. The van der Waals surface area contributed by atoms with Gasteiger partial charge in [-0.15, -0.1) is 4.40 Å². The van der Waals surface area contributed by atoms with Crippen LogP contribution in [0.4, 0.5) is 5.69 Å². The molecule has 1 aromatic heterocycles. The van der Waals surface area contributed by atoms with Crippen LogP contribution in [0.15, 0.2) is 86.6 Å². The fourth-order valence-electron chi connectivity index (χ4n) is 3.90. The second-order valence-corrected chi connectivity index (χ2v) is 9.70. The van der Waals surface area contributed by atoms with Crippen LogP contribution in [0.1, 0.15) is 23.2 Å². The number of rotatable bonds is 5. The molecule has 4 aromatic rings. The van der Waals surface area contributed by atoms with Crippen molar-refractivity contribution >= 4 is 38.4 Å². The standard InChI is InChI=1S/C25H22N4O4S/c1-29-15-5-8-23(29)28-34(31,32)20-12-10-19(11-13-20)26-25(30)18-9-14-22-21(16-18)24(33-27-22)17-6-3-2-4-7-17/h2-4,6-7,9-14,16H,5,8,15H2,1H3,(H,26,30)/b28-23+. The summed E-state index contributed by atoms with van der Waals surface area (Å²) >= 11 is 0. The van der Waals surface area contributed by atoms with Gasteiger partial charge in [0.1, 0.15) is 11.4 Å². The van der Waals surface area contributed by atoms with Crippen molar-refractivity contribution in [2.45, 2.75) is 17.7 Å². The third-order valence-electron chi connectivity index (χ3n) is 5.74. The number of hydrogen-bond donors (Lipinski definition) is 1. The third-order valence-corrected chi connectivity index (χ3v) is 7.06. The molecule has 1 amide bonds. The molecule has 0 spiro atoms. The molecule has 2 heterocycles. The maximum absolute atomic E-state index is 12.9. The fraction of sp³-hybridized carbons (Fsp3) is 0.160. The van der Waals surface area contributed by atoms with Crippen LogP contribution in [-0.4, -0.2) is 43.8 Å². The molecule has 8 nitrogen and oxygen atoms in total. The minimum Gasteiger partial charge on any atom is -0.362 e. The third kappa shape index (κ3) is 4.29. The van der Waals surface area contributed by atoms with Gasteiger partial charge in [-0.25, -0.2) is 0 Å². The average molecular weight is 475 g/mol. The van der Waals surface area contributed by atoms with Crippen molar-refractivity contribution in [1.29, 1.82) is 0 Å². The van der Waals surface area contributed by atoms with Gasteiger partial charge in [0, 0.05) is 36.8 Å². The van der Waals surface area contributed by atoms with E-state index in [9.17, 15) is 13.2 Å². The van der Waals surface area contributed by atoms with Gasteiger partial charge in [0.25, 0.3) is 15.9 Å². The number of carbonyl (C=O) groups is 1. The van der Waals surface area contributed by atoms with E-state index in [2.05, 4.69) is 14.9 Å². The monoisotopic (exact) mass is 474 g/mol. The average Bonchev–Trinajstić information content (AvgIpc) is 3.45. The van der Waals surface area contributed by atoms with Gasteiger partial charge >= 0.3 is 0 Å². The molecule has 1 fully saturated rings. The molecule has 0 aliphatic carbocycles. The van der Waals surface area contributed by atoms with Crippen LogP contribution in [0, 0.1) is 0 Å². The van der Waals surface area contributed by atoms with E-state index in [1.165, 1.54) is 12.1 Å². The van der Waals surface area contributed by atoms with Gasteiger partial charge in [-0.1, -0.05) is 35.5 Å². The Bertz CT molecular complexity index is 1490. The summed E-state index contributed by atoms with van der Waals surface area (Å²) in [4.78, 5) is 14.8. The molecule has 172 valence electrons. The Kier molecular flexibility index (Phi) is 5.62. The highest BCUT2D eigenvalue weighted by Crippen LogP contribution is 2.29. The topological polar surface area (TPSA) is 105 Å². The Morgan fingerprint density at radius 3 is 2.53 bits per heavy atom. The van der Waals surface area contributed by atoms with E-state index >= 15 is 0 Å². The molecule has 34 heavy (non-hydrogen) atoms. The van der Waals surface area contributed by atoms with Crippen molar-refractivity contribution in [3.05, 3.63) is 78.4 Å². The first-order valence-corrected chi connectivity index (χ1v) is 12.3. The molecule has 1 aliphatic heterocycles. The van der Waals surface area contributed by atoms with Crippen LogP contribution in [0.5, 0.6) is 0 Å². The lowest BCUT2D eigenvalue weighted by Crippen LogP contribution is -2.20. The van der Waals surface area contributed by atoms with Crippen molar-refractivity contribution in [2.24, 2.45) is 4.40 Å². The number of fused-ring (bicyclic) bond motifs is 1. The lowest BCUT2D eigenvalue weighted by atomic mass is 10.1. The van der Waals surface area contributed by atoms with E-state index in [0.29, 0.717) is 34.8 Å². The first-order chi connectivity index (χ1) is 16.4. The number of benzene rings is 3. The van der Waals surface area contributed by atoms with Crippen molar-refractivity contribution < 1.29 is 17.7 Å². The number of likely N-dealkylation sites (tertiary alicyclic amines) is 1. The molecule has 1 aliphatic rings. The Morgan fingerprint density at radius 2 is 1.82 bits per heavy atom. The number of aromatic nitrogens is 1. The van der Waals surface area contributed by atoms with Crippen LogP contribution in [0.2, 0.25) is 0 Å². The first-order valence-electron chi connectivity index (χ1n) is 10.8. The van der Waals surface area contributed by atoms with Gasteiger partial charge in [-0.2, -0.15) is 8.42 Å². The summed E-state index contributed by atoms with van der Waals surface area (Å²) < 4.78 is 34.7. The summed E-state index contributed by atoms with van der Waals surface area (Å²) in [5.41, 5.74) is 2.43. The predicted octanol–water partition coefficient (Wildman–Crippen LogP) is 4.56. The lowest BCUT2D eigenvalue weighted by molar-refractivity contribution is 0.102. The largest absolute Gasteiger partial charge is 0.362 e. The molecule has 0 unspecified atom stereocenters. The van der Waals surface area contributed by atoms with E-state index in [0.717, 1.165) is 23.9 Å². The zero-order valence-corrected chi connectivity index (χ0v) is 19.2. The number of nitrogens with one attached hydrogen (secondary N) is 1. The van der Waals surface area contributed by atoms with E-state index < -0.39 is 10.0 Å². The molecule has 5 rings (SSSR count). The Morgan fingerprint density at radius 1 is 1.06 bits per heavy atom. The van der Waals surface area contributed by atoms with Crippen molar-refractivity contribution in [2.75, 3.05) is 18.9 Å². The molecule has 0 bridgehead atoms. The highest BCUT2D eigenvalue weighted by Gasteiger charge is 2.20. The summed E-state index contributed by atoms with van der Waals surface area (Å²) in [5, 5.41) is 7.61. The van der Waals surface area contributed by atoms with E-state index in [1.54, 1.807) is 30.3 Å².